The van der Waals surface area contributed by atoms with E-state index in [-0.39, 0.29) is 17.1 Å². The number of hydrogen-bond acceptors (Lipinski definition) is 3. The van der Waals surface area contributed by atoms with Crippen molar-refractivity contribution in [3.8, 4) is 17.2 Å². The number of rotatable bonds is 4. The second kappa shape index (κ2) is 5.87. The van der Waals surface area contributed by atoms with Crippen LogP contribution in [0.1, 0.15) is 15.9 Å². The topological polar surface area (TPSA) is 35.5 Å². The van der Waals surface area contributed by atoms with Gasteiger partial charge in [0.05, 0.1) is 12.7 Å². The second-order valence-electron chi connectivity index (χ2n) is 4.15. The molecule has 3 nitrogen and oxygen atoms in total. The molecule has 2 aromatic carbocycles. The van der Waals surface area contributed by atoms with Gasteiger partial charge in [-0.15, -0.1) is 0 Å². The Morgan fingerprint density at radius 3 is 2.38 bits per heavy atom. The lowest BCUT2D eigenvalue weighted by atomic mass is 10.1. The zero-order valence-electron chi connectivity index (χ0n) is 11.0. The van der Waals surface area contributed by atoms with E-state index in [2.05, 4.69) is 0 Å². The van der Waals surface area contributed by atoms with Gasteiger partial charge in [-0.1, -0.05) is 6.07 Å². The molecule has 0 bridgehead atoms. The van der Waals surface area contributed by atoms with Gasteiger partial charge in [-0.05, 0) is 30.3 Å². The number of benzene rings is 2. The van der Waals surface area contributed by atoms with Crippen LogP contribution in [0.4, 0.5) is 13.2 Å². The minimum Gasteiger partial charge on any atom is -0.497 e. The minimum absolute atomic E-state index is 0.0692. The highest BCUT2D eigenvalue weighted by Crippen LogP contribution is 2.38. The van der Waals surface area contributed by atoms with Gasteiger partial charge in [-0.3, -0.25) is 4.79 Å². The molecule has 0 amide bonds. The molecule has 0 aliphatic carbocycles. The Bertz CT molecular complexity index is 651. The molecule has 0 spiro atoms. The van der Waals surface area contributed by atoms with Gasteiger partial charge in [0.2, 0.25) is 0 Å². The zero-order chi connectivity index (χ0) is 15.5. The van der Waals surface area contributed by atoms with Crippen molar-refractivity contribution in [3.05, 3.63) is 53.6 Å². The van der Waals surface area contributed by atoms with E-state index in [1.165, 1.54) is 25.3 Å². The molecule has 2 aromatic rings. The maximum atomic E-state index is 13.0. The Morgan fingerprint density at radius 2 is 1.76 bits per heavy atom. The van der Waals surface area contributed by atoms with Crippen molar-refractivity contribution in [1.29, 1.82) is 0 Å². The number of halogens is 3. The molecule has 0 aliphatic heterocycles. The van der Waals surface area contributed by atoms with Crippen molar-refractivity contribution in [2.75, 3.05) is 7.11 Å². The molecule has 0 atom stereocenters. The van der Waals surface area contributed by atoms with Crippen molar-refractivity contribution in [1.82, 2.24) is 0 Å². The fraction of sp³-hybridized carbons (Fsp3) is 0.133. The molecular weight excluding hydrogens is 285 g/mol. The minimum atomic E-state index is -4.62. The van der Waals surface area contributed by atoms with Crippen LogP contribution in [0.5, 0.6) is 17.2 Å². The number of carbonyl (C=O) groups is 1. The molecular formula is C15H11F3O3. The first-order valence-electron chi connectivity index (χ1n) is 5.92. The SMILES string of the molecule is COc1cccc(Oc2ccc(C=O)cc2C(F)(F)F)c1. The van der Waals surface area contributed by atoms with E-state index in [9.17, 15) is 18.0 Å². The maximum Gasteiger partial charge on any atom is 0.420 e. The van der Waals surface area contributed by atoms with Crippen LogP contribution in [0.2, 0.25) is 0 Å². The summed E-state index contributed by atoms with van der Waals surface area (Å²) < 4.78 is 49.2. The third-order valence-electron chi connectivity index (χ3n) is 2.71. The van der Waals surface area contributed by atoms with Crippen LogP contribution < -0.4 is 9.47 Å². The Morgan fingerprint density at radius 1 is 1.05 bits per heavy atom. The van der Waals surface area contributed by atoms with Crippen LogP contribution in [0.25, 0.3) is 0 Å². The van der Waals surface area contributed by atoms with Gasteiger partial charge < -0.3 is 9.47 Å². The van der Waals surface area contributed by atoms with Crippen molar-refractivity contribution in [2.45, 2.75) is 6.18 Å². The lowest BCUT2D eigenvalue weighted by Gasteiger charge is -2.14. The summed E-state index contributed by atoms with van der Waals surface area (Å²) in [6.45, 7) is 0. The first-order valence-corrected chi connectivity index (χ1v) is 5.92. The summed E-state index contributed by atoms with van der Waals surface area (Å²) >= 11 is 0. The summed E-state index contributed by atoms with van der Waals surface area (Å²) in [5.41, 5.74) is -1.07. The first-order chi connectivity index (χ1) is 9.94. The van der Waals surface area contributed by atoms with Gasteiger partial charge in [0.15, 0.2) is 0 Å². The number of aldehydes is 1. The molecule has 110 valence electrons. The lowest BCUT2D eigenvalue weighted by molar-refractivity contribution is -0.138. The molecule has 0 aliphatic rings. The number of ether oxygens (including phenoxy) is 2. The van der Waals surface area contributed by atoms with E-state index < -0.39 is 11.7 Å². The molecule has 0 heterocycles. The zero-order valence-corrected chi connectivity index (χ0v) is 11.0. The lowest BCUT2D eigenvalue weighted by Crippen LogP contribution is -2.08. The molecule has 6 heteroatoms. The smallest absolute Gasteiger partial charge is 0.420 e. The molecule has 0 radical (unpaired) electrons. The van der Waals surface area contributed by atoms with Crippen LogP contribution >= 0.6 is 0 Å². The van der Waals surface area contributed by atoms with Gasteiger partial charge in [0, 0.05) is 11.6 Å². The van der Waals surface area contributed by atoms with Crippen LogP contribution in [-0.4, -0.2) is 13.4 Å². The number of alkyl halides is 3. The molecule has 21 heavy (non-hydrogen) atoms. The molecule has 0 N–H and O–H groups in total. The molecule has 0 aromatic heterocycles. The van der Waals surface area contributed by atoms with Gasteiger partial charge in [0.25, 0.3) is 0 Å². The third kappa shape index (κ3) is 3.53. The highest BCUT2D eigenvalue weighted by atomic mass is 19.4. The number of methoxy groups -OCH3 is 1. The Balaban J connectivity index is 2.41. The van der Waals surface area contributed by atoms with Crippen LogP contribution in [0.3, 0.4) is 0 Å². The fourth-order valence-corrected chi connectivity index (χ4v) is 1.72. The Labute approximate surface area is 118 Å². The van der Waals surface area contributed by atoms with Crippen molar-refractivity contribution >= 4 is 6.29 Å². The molecule has 0 fully saturated rings. The summed E-state index contributed by atoms with van der Waals surface area (Å²) in [6.07, 6.45) is -4.27. The van der Waals surface area contributed by atoms with E-state index in [4.69, 9.17) is 9.47 Å². The summed E-state index contributed by atoms with van der Waals surface area (Å²) in [5.74, 6) is 0.297. The fourth-order valence-electron chi connectivity index (χ4n) is 1.72. The van der Waals surface area contributed by atoms with E-state index in [0.29, 0.717) is 12.0 Å². The summed E-state index contributed by atoms with van der Waals surface area (Å²) in [4.78, 5) is 10.6. The van der Waals surface area contributed by atoms with E-state index in [0.717, 1.165) is 12.1 Å². The Kier molecular flexibility index (Phi) is 4.16. The summed E-state index contributed by atoms with van der Waals surface area (Å²) in [5, 5.41) is 0. The second-order valence-corrected chi connectivity index (χ2v) is 4.15. The largest absolute Gasteiger partial charge is 0.497 e. The van der Waals surface area contributed by atoms with E-state index >= 15 is 0 Å². The molecule has 0 unspecified atom stereocenters. The quantitative estimate of drug-likeness (QED) is 0.788. The van der Waals surface area contributed by atoms with E-state index in [1.54, 1.807) is 12.1 Å². The summed E-state index contributed by atoms with van der Waals surface area (Å²) in [6, 6.07) is 9.35. The normalized spacial score (nSPS) is 11.0. The predicted molar refractivity (Wildman–Crippen MR) is 69.9 cm³/mol. The Hall–Kier alpha value is -2.50. The van der Waals surface area contributed by atoms with Crippen LogP contribution in [0, 0.1) is 0 Å². The van der Waals surface area contributed by atoms with Crippen molar-refractivity contribution in [2.24, 2.45) is 0 Å². The highest BCUT2D eigenvalue weighted by molar-refractivity contribution is 5.75. The average Bonchev–Trinajstić information content (AvgIpc) is 2.46. The van der Waals surface area contributed by atoms with Crippen LogP contribution in [0.15, 0.2) is 42.5 Å². The van der Waals surface area contributed by atoms with Crippen molar-refractivity contribution in [3.63, 3.8) is 0 Å². The van der Waals surface area contributed by atoms with Crippen molar-refractivity contribution < 1.29 is 27.4 Å². The summed E-state index contributed by atoms with van der Waals surface area (Å²) in [7, 11) is 1.44. The molecule has 2 rings (SSSR count). The number of hydrogen-bond donors (Lipinski definition) is 0. The number of carbonyl (C=O) groups excluding carboxylic acids is 1. The monoisotopic (exact) mass is 296 g/mol. The van der Waals surface area contributed by atoms with Gasteiger partial charge in [-0.2, -0.15) is 13.2 Å². The van der Waals surface area contributed by atoms with Crippen LogP contribution in [-0.2, 0) is 6.18 Å². The van der Waals surface area contributed by atoms with Gasteiger partial charge in [0.1, 0.15) is 23.5 Å². The van der Waals surface area contributed by atoms with Gasteiger partial charge in [-0.25, -0.2) is 0 Å². The van der Waals surface area contributed by atoms with Gasteiger partial charge >= 0.3 is 6.18 Å². The average molecular weight is 296 g/mol. The highest BCUT2D eigenvalue weighted by Gasteiger charge is 2.34. The maximum absolute atomic E-state index is 13.0. The molecule has 0 saturated heterocycles. The first kappa shape index (κ1) is 14.9. The molecule has 0 saturated carbocycles. The standard InChI is InChI=1S/C15H11F3O3/c1-20-11-3-2-4-12(8-11)21-14-6-5-10(9-19)7-13(14)15(16,17)18/h2-9H,1H3. The predicted octanol–water partition coefficient (Wildman–Crippen LogP) is 4.32. The third-order valence-corrected chi connectivity index (χ3v) is 2.71. The van der Waals surface area contributed by atoms with E-state index in [1.807, 2.05) is 0 Å².